The minimum Gasteiger partial charge on any atom is -0.123 e. The third-order valence-corrected chi connectivity index (χ3v) is 3.64. The Labute approximate surface area is 78.4 Å². The monoisotopic (exact) mass is 178 g/mol. The summed E-state index contributed by atoms with van der Waals surface area (Å²) in [4.78, 5) is 1.45. The van der Waals surface area contributed by atoms with Gasteiger partial charge in [0.2, 0.25) is 0 Å². The molecule has 0 atom stereocenters. The van der Waals surface area contributed by atoms with E-state index in [1.54, 1.807) is 0 Å². The molecule has 1 saturated carbocycles. The Morgan fingerprint density at radius 2 is 1.92 bits per heavy atom. The fraction of sp³-hybridized carbons (Fsp3) is 0.455. The zero-order valence-electron chi connectivity index (χ0n) is 7.63. The van der Waals surface area contributed by atoms with Gasteiger partial charge in [-0.05, 0) is 49.9 Å². The molecule has 64 valence electrons. The molecule has 1 aromatic carbocycles. The molecule has 0 bridgehead atoms. The van der Waals surface area contributed by atoms with Gasteiger partial charge in [-0.25, -0.2) is 0 Å². The van der Waals surface area contributed by atoms with Gasteiger partial charge in [-0.15, -0.1) is 11.8 Å². The minimum atomic E-state index is 0.923. The third-order valence-electron chi connectivity index (χ3n) is 2.31. The van der Waals surface area contributed by atoms with Crippen molar-refractivity contribution in [1.82, 2.24) is 0 Å². The first-order chi connectivity index (χ1) is 5.75. The van der Waals surface area contributed by atoms with Crippen LogP contribution < -0.4 is 0 Å². The molecule has 0 saturated heterocycles. The van der Waals surface area contributed by atoms with Gasteiger partial charge in [-0.1, -0.05) is 6.07 Å². The Hall–Kier alpha value is -0.430. The largest absolute Gasteiger partial charge is 0.123 e. The number of aryl methyl sites for hydroxylation is 2. The molecule has 0 amide bonds. The molecule has 1 aliphatic rings. The van der Waals surface area contributed by atoms with Crippen molar-refractivity contribution in [3.8, 4) is 0 Å². The first kappa shape index (κ1) is 8.18. The Kier molecular flexibility index (Phi) is 2.14. The fourth-order valence-electron chi connectivity index (χ4n) is 1.17. The highest BCUT2D eigenvalue weighted by Gasteiger charge is 2.22. The molecule has 0 nitrogen and oxygen atoms in total. The lowest BCUT2D eigenvalue weighted by molar-refractivity contribution is 1.27. The van der Waals surface area contributed by atoms with Crippen molar-refractivity contribution in [2.24, 2.45) is 0 Å². The van der Waals surface area contributed by atoms with Gasteiger partial charge >= 0.3 is 0 Å². The molecule has 0 heterocycles. The van der Waals surface area contributed by atoms with E-state index < -0.39 is 0 Å². The first-order valence-electron chi connectivity index (χ1n) is 4.49. The summed E-state index contributed by atoms with van der Waals surface area (Å²) in [6, 6.07) is 6.77. The van der Waals surface area contributed by atoms with Crippen molar-refractivity contribution in [1.29, 1.82) is 0 Å². The highest BCUT2D eigenvalue weighted by Crippen LogP contribution is 2.39. The predicted molar refractivity (Wildman–Crippen MR) is 54.8 cm³/mol. The maximum absolute atomic E-state index is 2.30. The molecular formula is C11H14S. The van der Waals surface area contributed by atoms with Crippen LogP contribution >= 0.6 is 11.8 Å². The van der Waals surface area contributed by atoms with Crippen LogP contribution in [0.4, 0.5) is 0 Å². The average molecular weight is 178 g/mol. The summed E-state index contributed by atoms with van der Waals surface area (Å²) < 4.78 is 0. The van der Waals surface area contributed by atoms with Gasteiger partial charge in [-0.3, -0.25) is 0 Å². The van der Waals surface area contributed by atoms with Gasteiger partial charge in [0.05, 0.1) is 0 Å². The van der Waals surface area contributed by atoms with Gasteiger partial charge < -0.3 is 0 Å². The fourth-order valence-corrected chi connectivity index (χ4v) is 2.31. The van der Waals surface area contributed by atoms with E-state index in [0.29, 0.717) is 0 Å². The van der Waals surface area contributed by atoms with Crippen molar-refractivity contribution < 1.29 is 0 Å². The Morgan fingerprint density at radius 1 is 1.17 bits per heavy atom. The molecule has 0 N–H and O–H groups in total. The normalized spacial score (nSPS) is 16.5. The van der Waals surface area contributed by atoms with Crippen LogP contribution in [-0.4, -0.2) is 5.25 Å². The van der Waals surface area contributed by atoms with E-state index >= 15 is 0 Å². The zero-order valence-corrected chi connectivity index (χ0v) is 8.45. The molecule has 0 spiro atoms. The van der Waals surface area contributed by atoms with E-state index in [9.17, 15) is 0 Å². The van der Waals surface area contributed by atoms with E-state index in [4.69, 9.17) is 0 Å². The van der Waals surface area contributed by atoms with Crippen molar-refractivity contribution >= 4 is 11.8 Å². The van der Waals surface area contributed by atoms with Crippen LogP contribution in [0.2, 0.25) is 0 Å². The predicted octanol–water partition coefficient (Wildman–Crippen LogP) is 3.56. The van der Waals surface area contributed by atoms with Gasteiger partial charge in [0, 0.05) is 10.1 Å². The van der Waals surface area contributed by atoms with Gasteiger partial charge in [0.1, 0.15) is 0 Å². The maximum atomic E-state index is 2.30. The summed E-state index contributed by atoms with van der Waals surface area (Å²) in [5.41, 5.74) is 2.82. The Morgan fingerprint density at radius 3 is 2.50 bits per heavy atom. The van der Waals surface area contributed by atoms with E-state index in [-0.39, 0.29) is 0 Å². The lowest BCUT2D eigenvalue weighted by atomic mass is 10.1. The summed E-state index contributed by atoms with van der Waals surface area (Å²) in [5.74, 6) is 0. The van der Waals surface area contributed by atoms with Crippen LogP contribution in [-0.2, 0) is 0 Å². The summed E-state index contributed by atoms with van der Waals surface area (Å²) >= 11 is 2.03. The number of thioether (sulfide) groups is 1. The van der Waals surface area contributed by atoms with Crippen LogP contribution in [0.5, 0.6) is 0 Å². The Bertz CT molecular complexity index is 287. The minimum absolute atomic E-state index is 0.923. The number of hydrogen-bond acceptors (Lipinski definition) is 1. The second-order valence-electron chi connectivity index (χ2n) is 3.56. The van der Waals surface area contributed by atoms with Crippen LogP contribution in [0, 0.1) is 13.8 Å². The molecule has 0 aliphatic heterocycles. The average Bonchev–Trinajstić information content (AvgIpc) is 2.81. The zero-order chi connectivity index (χ0) is 8.55. The quantitative estimate of drug-likeness (QED) is 0.667. The van der Waals surface area contributed by atoms with Crippen LogP contribution in [0.15, 0.2) is 23.1 Å². The summed E-state index contributed by atoms with van der Waals surface area (Å²) in [5, 5.41) is 0.923. The molecule has 0 radical (unpaired) electrons. The maximum Gasteiger partial charge on any atom is 0.00952 e. The lowest BCUT2D eigenvalue weighted by Crippen LogP contribution is -1.81. The smallest absolute Gasteiger partial charge is 0.00952 e. The van der Waals surface area contributed by atoms with E-state index in [0.717, 1.165) is 5.25 Å². The Balaban J connectivity index is 2.15. The van der Waals surface area contributed by atoms with E-state index in [1.165, 1.54) is 28.9 Å². The van der Waals surface area contributed by atoms with E-state index in [1.807, 2.05) is 11.8 Å². The van der Waals surface area contributed by atoms with Gasteiger partial charge in [0.15, 0.2) is 0 Å². The molecule has 1 aliphatic carbocycles. The molecule has 1 fully saturated rings. The number of hydrogen-bond donors (Lipinski definition) is 0. The molecule has 2 rings (SSSR count). The topological polar surface area (TPSA) is 0 Å². The van der Waals surface area contributed by atoms with Crippen LogP contribution in [0.1, 0.15) is 24.0 Å². The van der Waals surface area contributed by atoms with Gasteiger partial charge in [0.25, 0.3) is 0 Å². The van der Waals surface area contributed by atoms with Gasteiger partial charge in [-0.2, -0.15) is 0 Å². The third kappa shape index (κ3) is 1.84. The van der Waals surface area contributed by atoms with Crippen molar-refractivity contribution in [2.45, 2.75) is 36.8 Å². The molecule has 1 aromatic rings. The lowest BCUT2D eigenvalue weighted by Gasteiger charge is -2.03. The second-order valence-corrected chi connectivity index (χ2v) is 4.94. The van der Waals surface area contributed by atoms with Crippen molar-refractivity contribution in [3.63, 3.8) is 0 Å². The molecule has 1 heteroatoms. The summed E-state index contributed by atoms with van der Waals surface area (Å²) in [7, 11) is 0. The summed E-state index contributed by atoms with van der Waals surface area (Å²) in [6.07, 6.45) is 2.83. The SMILES string of the molecule is Cc1ccc(SC2CC2)cc1C. The molecule has 0 aromatic heterocycles. The van der Waals surface area contributed by atoms with Crippen LogP contribution in [0.25, 0.3) is 0 Å². The number of benzene rings is 1. The molecular weight excluding hydrogens is 164 g/mol. The second kappa shape index (κ2) is 3.14. The standard InChI is InChI=1S/C11H14S/c1-8-3-4-11(7-9(8)2)12-10-5-6-10/h3-4,7,10H,5-6H2,1-2H3. The number of rotatable bonds is 2. The molecule has 0 unspecified atom stereocenters. The molecule has 12 heavy (non-hydrogen) atoms. The summed E-state index contributed by atoms with van der Waals surface area (Å²) in [6.45, 7) is 4.35. The van der Waals surface area contributed by atoms with Crippen molar-refractivity contribution in [2.75, 3.05) is 0 Å². The van der Waals surface area contributed by atoms with Crippen molar-refractivity contribution in [3.05, 3.63) is 29.3 Å². The highest BCUT2D eigenvalue weighted by atomic mass is 32.2. The first-order valence-corrected chi connectivity index (χ1v) is 5.37. The van der Waals surface area contributed by atoms with Crippen LogP contribution in [0.3, 0.4) is 0 Å². The van der Waals surface area contributed by atoms with E-state index in [2.05, 4.69) is 32.0 Å². The highest BCUT2D eigenvalue weighted by molar-refractivity contribution is 8.00.